The van der Waals surface area contributed by atoms with Gasteiger partial charge in [-0.25, -0.2) is 15.0 Å². The van der Waals surface area contributed by atoms with Crippen molar-refractivity contribution in [2.45, 2.75) is 46.5 Å². The maximum atomic E-state index is 9.29. The van der Waals surface area contributed by atoms with Crippen LogP contribution in [0.1, 0.15) is 50.8 Å². The predicted octanol–water partition coefficient (Wildman–Crippen LogP) is 4.97. The van der Waals surface area contributed by atoms with E-state index in [9.17, 15) is 5.26 Å². The van der Waals surface area contributed by atoms with Crippen molar-refractivity contribution in [2.24, 2.45) is 12.0 Å². The van der Waals surface area contributed by atoms with Crippen molar-refractivity contribution in [1.82, 2.24) is 30.5 Å². The zero-order valence-corrected chi connectivity index (χ0v) is 20.8. The van der Waals surface area contributed by atoms with Crippen LogP contribution in [-0.4, -0.2) is 32.3 Å². The van der Waals surface area contributed by atoms with Crippen molar-refractivity contribution in [1.29, 1.82) is 5.26 Å². The summed E-state index contributed by atoms with van der Waals surface area (Å²) in [5, 5.41) is 19.8. The van der Waals surface area contributed by atoms with E-state index in [1.807, 2.05) is 25.2 Å². The number of hydrazine groups is 1. The molecule has 0 spiro atoms. The van der Waals surface area contributed by atoms with Crippen LogP contribution in [0.4, 0.5) is 11.5 Å². The molecular formula is C22H27Cl2N9. The molecule has 0 aliphatic carbocycles. The van der Waals surface area contributed by atoms with Gasteiger partial charge >= 0.3 is 0 Å². The maximum absolute atomic E-state index is 9.29. The molecule has 3 rings (SSSR count). The molecule has 0 aliphatic rings. The number of hydrogen-bond acceptors (Lipinski definition) is 6. The van der Waals surface area contributed by atoms with Gasteiger partial charge in [-0.3, -0.25) is 20.4 Å². The lowest BCUT2D eigenvalue weighted by Crippen LogP contribution is -2.48. The van der Waals surface area contributed by atoms with Crippen LogP contribution in [-0.2, 0) is 7.05 Å². The first-order valence-corrected chi connectivity index (χ1v) is 11.4. The Morgan fingerprint density at radius 2 is 1.94 bits per heavy atom. The molecule has 0 saturated heterocycles. The Morgan fingerprint density at radius 3 is 2.55 bits per heavy atom. The van der Waals surface area contributed by atoms with Crippen LogP contribution in [0.15, 0.2) is 23.2 Å². The van der Waals surface area contributed by atoms with Gasteiger partial charge in [-0.2, -0.15) is 10.4 Å². The smallest absolute Gasteiger partial charge is 0.229 e. The molecule has 174 valence electrons. The van der Waals surface area contributed by atoms with Gasteiger partial charge in [-0.05, 0) is 30.9 Å². The minimum Gasteiger partial charge on any atom is -0.268 e. The third-order valence-electron chi connectivity index (χ3n) is 5.02. The molecule has 0 unspecified atom stereocenters. The fourth-order valence-electron chi connectivity index (χ4n) is 3.51. The predicted molar refractivity (Wildman–Crippen MR) is 133 cm³/mol. The van der Waals surface area contributed by atoms with Crippen molar-refractivity contribution >= 4 is 51.7 Å². The van der Waals surface area contributed by atoms with Crippen LogP contribution >= 0.6 is 23.2 Å². The molecule has 3 aromatic rings. The fraction of sp³-hybridized carbons (Fsp3) is 0.409. The SMILES string of the molecule is CCCCN(N/C(=N/c1cc(Cl)nc(Cl)c1)NC#N)c1cc(C(C)C)c2c(C)nn(C)c2n1. The summed E-state index contributed by atoms with van der Waals surface area (Å²) in [6.07, 6.45) is 3.80. The number of aromatic nitrogens is 4. The standard InChI is InChI=1S/C22H27Cl2N9/c1-6-7-8-33(31-22(26-12-25)27-15-9-17(23)28-18(24)10-15)19-11-16(13(2)3)20-14(4)30-32(5)21(20)29-19/h9-11,13H,6-8H2,1-5H3,(H2,26,27,28,31). The van der Waals surface area contributed by atoms with E-state index in [0.29, 0.717) is 18.1 Å². The first-order chi connectivity index (χ1) is 15.7. The van der Waals surface area contributed by atoms with Crippen LogP contribution in [0.3, 0.4) is 0 Å². The highest BCUT2D eigenvalue weighted by atomic mass is 35.5. The number of aryl methyl sites for hydroxylation is 2. The summed E-state index contributed by atoms with van der Waals surface area (Å²) < 4.78 is 1.79. The lowest BCUT2D eigenvalue weighted by Gasteiger charge is -2.26. The zero-order valence-electron chi connectivity index (χ0n) is 19.3. The number of hydrogen-bond donors (Lipinski definition) is 2. The number of unbranched alkanes of at least 4 members (excludes halogenated alkanes) is 1. The molecule has 0 saturated carbocycles. The number of pyridine rings is 2. The zero-order chi connectivity index (χ0) is 24.1. The third-order valence-corrected chi connectivity index (χ3v) is 5.41. The number of nitrogens with one attached hydrogen (secondary N) is 2. The number of halogens is 2. The monoisotopic (exact) mass is 487 g/mol. The normalized spacial score (nSPS) is 11.7. The lowest BCUT2D eigenvalue weighted by molar-refractivity contribution is 0.677. The summed E-state index contributed by atoms with van der Waals surface area (Å²) in [7, 11) is 1.89. The van der Waals surface area contributed by atoms with Crippen LogP contribution in [0.5, 0.6) is 0 Å². The first kappa shape index (κ1) is 24.6. The molecule has 0 bridgehead atoms. The molecule has 0 aliphatic heterocycles. The van der Waals surface area contributed by atoms with Crippen LogP contribution < -0.4 is 15.8 Å². The highest BCUT2D eigenvalue weighted by molar-refractivity contribution is 6.32. The van der Waals surface area contributed by atoms with E-state index >= 15 is 0 Å². The number of nitrogens with zero attached hydrogens (tertiary/aromatic N) is 7. The van der Waals surface area contributed by atoms with Gasteiger partial charge in [0.05, 0.1) is 11.4 Å². The summed E-state index contributed by atoms with van der Waals surface area (Å²) in [6.45, 7) is 9.05. The second-order valence-corrected chi connectivity index (χ2v) is 8.69. The van der Waals surface area contributed by atoms with Crippen molar-refractivity contribution in [3.8, 4) is 6.19 Å². The Balaban J connectivity index is 2.07. The van der Waals surface area contributed by atoms with E-state index in [-0.39, 0.29) is 22.2 Å². The van der Waals surface area contributed by atoms with E-state index < -0.39 is 0 Å². The summed E-state index contributed by atoms with van der Waals surface area (Å²) in [5.74, 6) is 1.19. The highest BCUT2D eigenvalue weighted by Crippen LogP contribution is 2.30. The first-order valence-electron chi connectivity index (χ1n) is 10.7. The Hall–Kier alpha value is -3.09. The summed E-state index contributed by atoms with van der Waals surface area (Å²) >= 11 is 12.0. The average molecular weight is 488 g/mol. The number of rotatable bonds is 7. The fourth-order valence-corrected chi connectivity index (χ4v) is 3.96. The topological polar surface area (TPSA) is 107 Å². The van der Waals surface area contributed by atoms with Gasteiger partial charge in [0.25, 0.3) is 0 Å². The third kappa shape index (κ3) is 5.83. The van der Waals surface area contributed by atoms with Gasteiger partial charge < -0.3 is 0 Å². The number of aliphatic imine (C=N–C) groups is 1. The lowest BCUT2D eigenvalue weighted by atomic mass is 9.99. The van der Waals surface area contributed by atoms with Crippen LogP contribution in [0.25, 0.3) is 11.0 Å². The Bertz CT molecular complexity index is 1190. The Kier molecular flexibility index (Phi) is 7.95. The van der Waals surface area contributed by atoms with Gasteiger partial charge in [0.1, 0.15) is 16.1 Å². The Labute approximate surface area is 203 Å². The minimum atomic E-state index is 0.209. The molecular weight excluding hydrogens is 461 g/mol. The Morgan fingerprint density at radius 1 is 1.24 bits per heavy atom. The molecule has 3 aromatic heterocycles. The van der Waals surface area contributed by atoms with E-state index in [0.717, 1.165) is 35.1 Å². The summed E-state index contributed by atoms with van der Waals surface area (Å²) in [6, 6.07) is 5.18. The van der Waals surface area contributed by atoms with Crippen LogP contribution in [0.2, 0.25) is 10.3 Å². The van der Waals surface area contributed by atoms with E-state index in [4.69, 9.17) is 28.2 Å². The number of guanidine groups is 1. The number of fused-ring (bicyclic) bond motifs is 1. The summed E-state index contributed by atoms with van der Waals surface area (Å²) in [4.78, 5) is 13.3. The van der Waals surface area contributed by atoms with Crippen LogP contribution in [0, 0.1) is 18.4 Å². The van der Waals surface area contributed by atoms with Crippen molar-refractivity contribution in [2.75, 3.05) is 11.6 Å². The number of nitriles is 1. The molecule has 0 atom stereocenters. The van der Waals surface area contributed by atoms with Crippen molar-refractivity contribution in [3.63, 3.8) is 0 Å². The van der Waals surface area contributed by atoms with E-state index in [1.165, 1.54) is 0 Å². The molecule has 11 heteroatoms. The van der Waals surface area contributed by atoms with E-state index in [1.54, 1.807) is 16.8 Å². The second-order valence-electron chi connectivity index (χ2n) is 7.92. The maximum Gasteiger partial charge on any atom is 0.229 e. The quantitative estimate of drug-likeness (QED) is 0.121. The van der Waals surface area contributed by atoms with Crippen molar-refractivity contribution < 1.29 is 0 Å². The van der Waals surface area contributed by atoms with Gasteiger partial charge in [-0.1, -0.05) is 50.4 Å². The molecule has 0 amide bonds. The average Bonchev–Trinajstić information content (AvgIpc) is 3.03. The van der Waals surface area contributed by atoms with Gasteiger partial charge in [0.15, 0.2) is 11.8 Å². The summed E-state index contributed by atoms with van der Waals surface area (Å²) in [5.41, 5.74) is 6.56. The van der Waals surface area contributed by atoms with Gasteiger partial charge in [0, 0.05) is 31.1 Å². The van der Waals surface area contributed by atoms with E-state index in [2.05, 4.69) is 52.7 Å². The molecule has 0 radical (unpaired) electrons. The molecule has 0 aromatic carbocycles. The molecule has 33 heavy (non-hydrogen) atoms. The second kappa shape index (κ2) is 10.7. The highest BCUT2D eigenvalue weighted by Gasteiger charge is 2.19. The van der Waals surface area contributed by atoms with Crippen molar-refractivity contribution in [3.05, 3.63) is 39.8 Å². The molecule has 9 nitrogen and oxygen atoms in total. The number of anilines is 1. The molecule has 2 N–H and O–H groups in total. The van der Waals surface area contributed by atoms with Gasteiger partial charge in [-0.15, -0.1) is 0 Å². The minimum absolute atomic E-state index is 0.209. The van der Waals surface area contributed by atoms with Gasteiger partial charge in [0.2, 0.25) is 5.96 Å². The largest absolute Gasteiger partial charge is 0.268 e. The molecule has 0 fully saturated rings. The molecule has 3 heterocycles.